The summed E-state index contributed by atoms with van der Waals surface area (Å²) in [6.07, 6.45) is 4.08. The molecule has 1 aromatic carbocycles. The first-order valence-electron chi connectivity index (χ1n) is 8.81. The van der Waals surface area contributed by atoms with Crippen LogP contribution < -0.4 is 5.32 Å². The predicted octanol–water partition coefficient (Wildman–Crippen LogP) is 1.28. The van der Waals surface area contributed by atoms with Crippen molar-refractivity contribution in [1.29, 1.82) is 0 Å². The Labute approximate surface area is 149 Å². The number of ether oxygens (including phenoxy) is 1. The smallest absolute Gasteiger partial charge is 0.231 e. The molecular formula is C18H26N2O4S. The van der Waals surface area contributed by atoms with Crippen LogP contribution in [0.1, 0.15) is 31.2 Å². The number of sulfonamides is 1. The van der Waals surface area contributed by atoms with E-state index in [0.717, 1.165) is 18.4 Å². The van der Waals surface area contributed by atoms with Gasteiger partial charge in [0.25, 0.3) is 0 Å². The Hall–Kier alpha value is -1.44. The molecule has 0 bridgehead atoms. The molecule has 2 heterocycles. The van der Waals surface area contributed by atoms with Gasteiger partial charge in [-0.1, -0.05) is 30.3 Å². The molecule has 25 heavy (non-hydrogen) atoms. The van der Waals surface area contributed by atoms with Crippen molar-refractivity contribution in [3.8, 4) is 0 Å². The van der Waals surface area contributed by atoms with Crippen molar-refractivity contribution >= 4 is 15.9 Å². The second kappa shape index (κ2) is 7.43. The molecule has 6 nitrogen and oxygen atoms in total. The average Bonchev–Trinajstić information content (AvgIpc) is 2.62. The number of carbonyl (C=O) groups is 1. The lowest BCUT2D eigenvalue weighted by atomic mass is 9.73. The number of benzene rings is 1. The topological polar surface area (TPSA) is 75.7 Å². The molecule has 1 amide bonds. The van der Waals surface area contributed by atoms with Gasteiger partial charge in [0.15, 0.2) is 0 Å². The van der Waals surface area contributed by atoms with E-state index in [1.807, 2.05) is 30.3 Å². The van der Waals surface area contributed by atoms with Gasteiger partial charge in [-0.15, -0.1) is 0 Å². The molecule has 2 saturated heterocycles. The largest absolute Gasteiger partial charge is 0.381 e. The first-order chi connectivity index (χ1) is 11.9. The highest BCUT2D eigenvalue weighted by Gasteiger charge is 2.42. The first-order valence-corrected chi connectivity index (χ1v) is 10.7. The number of nitrogens with one attached hydrogen (secondary N) is 1. The van der Waals surface area contributed by atoms with Crippen LogP contribution in [0.5, 0.6) is 0 Å². The molecule has 0 spiro atoms. The molecule has 1 unspecified atom stereocenters. The maximum Gasteiger partial charge on any atom is 0.231 e. The number of hydrogen-bond donors (Lipinski definition) is 1. The minimum absolute atomic E-state index is 0.0117. The zero-order valence-corrected chi connectivity index (χ0v) is 15.4. The zero-order valence-electron chi connectivity index (χ0n) is 14.6. The third-order valence-corrected chi connectivity index (χ3v) is 6.57. The normalized spacial score (nSPS) is 24.6. The van der Waals surface area contributed by atoms with Crippen molar-refractivity contribution in [3.63, 3.8) is 0 Å². The van der Waals surface area contributed by atoms with Gasteiger partial charge in [0, 0.05) is 32.3 Å². The van der Waals surface area contributed by atoms with Gasteiger partial charge in [-0.2, -0.15) is 0 Å². The van der Waals surface area contributed by atoms with Crippen molar-refractivity contribution in [3.05, 3.63) is 35.9 Å². The lowest BCUT2D eigenvalue weighted by Crippen LogP contribution is -2.55. The molecule has 7 heteroatoms. The number of rotatable bonds is 4. The van der Waals surface area contributed by atoms with E-state index in [2.05, 4.69) is 5.32 Å². The van der Waals surface area contributed by atoms with Gasteiger partial charge in [-0.3, -0.25) is 4.79 Å². The molecule has 1 N–H and O–H groups in total. The molecule has 2 fully saturated rings. The molecule has 2 aliphatic rings. The summed E-state index contributed by atoms with van der Waals surface area (Å²) in [7, 11) is -3.22. The number of hydrogen-bond acceptors (Lipinski definition) is 4. The molecule has 138 valence electrons. The molecule has 0 saturated carbocycles. The summed E-state index contributed by atoms with van der Waals surface area (Å²) >= 11 is 0. The molecule has 0 aromatic heterocycles. The Morgan fingerprint density at radius 2 is 1.92 bits per heavy atom. The Bertz CT molecular complexity index is 699. The third-order valence-electron chi connectivity index (χ3n) is 5.30. The van der Waals surface area contributed by atoms with E-state index in [1.54, 1.807) is 0 Å². The highest BCUT2D eigenvalue weighted by molar-refractivity contribution is 7.88. The van der Waals surface area contributed by atoms with E-state index in [1.165, 1.54) is 10.6 Å². The van der Waals surface area contributed by atoms with Crippen molar-refractivity contribution in [2.75, 3.05) is 32.6 Å². The van der Waals surface area contributed by atoms with Crippen molar-refractivity contribution < 1.29 is 17.9 Å². The van der Waals surface area contributed by atoms with E-state index in [9.17, 15) is 13.2 Å². The van der Waals surface area contributed by atoms with Crippen LogP contribution in [0, 0.1) is 0 Å². The highest BCUT2D eigenvalue weighted by atomic mass is 32.2. The summed E-state index contributed by atoms with van der Waals surface area (Å²) in [6.45, 7) is 2.00. The van der Waals surface area contributed by atoms with Crippen LogP contribution in [-0.2, 0) is 25.0 Å². The third kappa shape index (κ3) is 4.04. The van der Waals surface area contributed by atoms with Gasteiger partial charge in [-0.25, -0.2) is 12.7 Å². The van der Waals surface area contributed by atoms with E-state index in [0.29, 0.717) is 39.1 Å². The summed E-state index contributed by atoms with van der Waals surface area (Å²) < 4.78 is 30.5. The molecule has 1 aromatic rings. The molecule has 2 aliphatic heterocycles. The Morgan fingerprint density at radius 3 is 2.56 bits per heavy atom. The molecule has 0 radical (unpaired) electrons. The summed E-state index contributed by atoms with van der Waals surface area (Å²) in [5.74, 6) is -0.0117. The predicted molar refractivity (Wildman–Crippen MR) is 95.8 cm³/mol. The number of nitrogens with zero attached hydrogens (tertiary/aromatic N) is 1. The SMILES string of the molecule is CS(=O)(=O)N1CCCC(NC(=O)C2(c3ccccc3)CCOCC2)C1. The van der Waals surface area contributed by atoms with Crippen LogP contribution >= 0.6 is 0 Å². The van der Waals surface area contributed by atoms with Crippen molar-refractivity contribution in [1.82, 2.24) is 9.62 Å². The monoisotopic (exact) mass is 366 g/mol. The van der Waals surface area contributed by atoms with E-state index in [4.69, 9.17) is 4.74 Å². The maximum atomic E-state index is 13.2. The summed E-state index contributed by atoms with van der Waals surface area (Å²) in [5, 5.41) is 3.13. The molecule has 3 rings (SSSR count). The molecular weight excluding hydrogens is 340 g/mol. The van der Waals surface area contributed by atoms with Gasteiger partial charge in [-0.05, 0) is 31.2 Å². The number of carbonyl (C=O) groups excluding carboxylic acids is 1. The van der Waals surface area contributed by atoms with Crippen molar-refractivity contribution in [2.24, 2.45) is 0 Å². The van der Waals surface area contributed by atoms with Crippen LogP contribution in [-0.4, -0.2) is 57.2 Å². The first kappa shape index (κ1) is 18.4. The zero-order chi connectivity index (χ0) is 17.9. The van der Waals surface area contributed by atoms with Gasteiger partial charge in [0.2, 0.25) is 15.9 Å². The molecule has 0 aliphatic carbocycles. The van der Waals surface area contributed by atoms with Gasteiger partial charge in [0.05, 0.1) is 11.7 Å². The summed E-state index contributed by atoms with van der Waals surface area (Å²) in [6, 6.07) is 9.69. The summed E-state index contributed by atoms with van der Waals surface area (Å²) in [5.41, 5.74) is 0.416. The standard InChI is InChI=1S/C18H26N2O4S/c1-25(22,23)20-11-5-8-16(14-20)19-17(21)18(9-12-24-13-10-18)15-6-3-2-4-7-15/h2-4,6-7,16H,5,8-14H2,1H3,(H,19,21). The van der Waals surface area contributed by atoms with Crippen LogP contribution in [0.4, 0.5) is 0 Å². The fourth-order valence-electron chi connectivity index (χ4n) is 3.81. The lowest BCUT2D eigenvalue weighted by Gasteiger charge is -2.39. The number of piperidine rings is 1. The fourth-order valence-corrected chi connectivity index (χ4v) is 4.72. The van der Waals surface area contributed by atoms with Gasteiger partial charge >= 0.3 is 0 Å². The summed E-state index contributed by atoms with van der Waals surface area (Å²) in [4.78, 5) is 13.2. The Morgan fingerprint density at radius 1 is 1.24 bits per heavy atom. The minimum Gasteiger partial charge on any atom is -0.381 e. The second-order valence-corrected chi connectivity index (χ2v) is 8.98. The van der Waals surface area contributed by atoms with E-state index in [-0.39, 0.29) is 11.9 Å². The number of amides is 1. The lowest BCUT2D eigenvalue weighted by molar-refractivity contribution is -0.131. The second-order valence-electron chi connectivity index (χ2n) is 6.99. The quantitative estimate of drug-likeness (QED) is 0.871. The van der Waals surface area contributed by atoms with Crippen molar-refractivity contribution in [2.45, 2.75) is 37.1 Å². The van der Waals surface area contributed by atoms with Crippen LogP contribution in [0.25, 0.3) is 0 Å². The average molecular weight is 366 g/mol. The Balaban J connectivity index is 1.77. The van der Waals surface area contributed by atoms with Crippen LogP contribution in [0.3, 0.4) is 0 Å². The highest BCUT2D eigenvalue weighted by Crippen LogP contribution is 2.35. The van der Waals surface area contributed by atoms with Gasteiger partial charge < -0.3 is 10.1 Å². The van der Waals surface area contributed by atoms with Gasteiger partial charge in [0.1, 0.15) is 0 Å². The van der Waals surface area contributed by atoms with E-state index < -0.39 is 15.4 Å². The molecule has 1 atom stereocenters. The Kier molecular flexibility index (Phi) is 5.46. The fraction of sp³-hybridized carbons (Fsp3) is 0.611. The van der Waals surface area contributed by atoms with Crippen LogP contribution in [0.2, 0.25) is 0 Å². The minimum atomic E-state index is -3.22. The maximum absolute atomic E-state index is 13.2. The van der Waals surface area contributed by atoms with E-state index >= 15 is 0 Å². The van der Waals surface area contributed by atoms with Crippen LogP contribution in [0.15, 0.2) is 30.3 Å².